The summed E-state index contributed by atoms with van der Waals surface area (Å²) in [5.41, 5.74) is 5.60. The summed E-state index contributed by atoms with van der Waals surface area (Å²) >= 11 is 0. The van der Waals surface area contributed by atoms with E-state index in [1.807, 2.05) is 13.8 Å². The van der Waals surface area contributed by atoms with Gasteiger partial charge in [0.15, 0.2) is 0 Å². The van der Waals surface area contributed by atoms with E-state index in [1.165, 1.54) is 4.90 Å². The van der Waals surface area contributed by atoms with Crippen LogP contribution in [0.1, 0.15) is 13.8 Å². The molecule has 2 amide bonds. The Morgan fingerprint density at radius 2 is 2.00 bits per heavy atom. The third kappa shape index (κ3) is 5.09. The van der Waals surface area contributed by atoms with Crippen molar-refractivity contribution in [3.63, 3.8) is 0 Å². The topological polar surface area (TPSA) is 95.7 Å². The van der Waals surface area contributed by atoms with E-state index >= 15 is 0 Å². The predicted molar refractivity (Wildman–Crippen MR) is 60.5 cm³/mol. The molecule has 0 spiro atoms. The summed E-state index contributed by atoms with van der Waals surface area (Å²) in [6.07, 6.45) is 0. The minimum absolute atomic E-state index is 0.0327. The minimum atomic E-state index is -0.601. The van der Waals surface area contributed by atoms with E-state index < -0.39 is 6.04 Å². The van der Waals surface area contributed by atoms with Gasteiger partial charge in [0.05, 0.1) is 19.2 Å². The van der Waals surface area contributed by atoms with Crippen molar-refractivity contribution in [1.29, 1.82) is 0 Å². The molecule has 16 heavy (non-hydrogen) atoms. The monoisotopic (exact) mass is 231 g/mol. The minimum Gasteiger partial charge on any atom is -0.395 e. The van der Waals surface area contributed by atoms with Gasteiger partial charge in [-0.05, 0) is 5.92 Å². The molecular weight excluding hydrogens is 210 g/mol. The Morgan fingerprint density at radius 3 is 2.44 bits per heavy atom. The van der Waals surface area contributed by atoms with Crippen molar-refractivity contribution in [2.75, 3.05) is 26.7 Å². The van der Waals surface area contributed by atoms with Crippen LogP contribution in [-0.4, -0.2) is 54.6 Å². The third-order valence-corrected chi connectivity index (χ3v) is 2.30. The van der Waals surface area contributed by atoms with E-state index in [0.29, 0.717) is 0 Å². The fourth-order valence-electron chi connectivity index (χ4n) is 0.993. The Bertz CT molecular complexity index is 243. The average Bonchev–Trinajstić information content (AvgIpc) is 2.24. The zero-order chi connectivity index (χ0) is 12.7. The lowest BCUT2D eigenvalue weighted by molar-refractivity contribution is -0.132. The molecule has 0 unspecified atom stereocenters. The van der Waals surface area contributed by atoms with Crippen LogP contribution in [0.3, 0.4) is 0 Å². The van der Waals surface area contributed by atoms with Gasteiger partial charge >= 0.3 is 0 Å². The fraction of sp³-hybridized carbons (Fsp3) is 0.800. The van der Waals surface area contributed by atoms with Crippen molar-refractivity contribution >= 4 is 11.8 Å². The summed E-state index contributed by atoms with van der Waals surface area (Å²) in [6.45, 7) is 3.75. The van der Waals surface area contributed by atoms with Gasteiger partial charge in [0.1, 0.15) is 0 Å². The predicted octanol–water partition coefficient (Wildman–Crippen LogP) is -1.46. The fourth-order valence-corrected chi connectivity index (χ4v) is 0.993. The number of nitrogens with two attached hydrogens (primary N) is 1. The summed E-state index contributed by atoms with van der Waals surface area (Å²) in [5.74, 6) is -0.552. The van der Waals surface area contributed by atoms with E-state index in [-0.39, 0.29) is 37.4 Å². The molecule has 0 aromatic rings. The Hall–Kier alpha value is -1.14. The molecule has 0 bridgehead atoms. The van der Waals surface area contributed by atoms with E-state index in [1.54, 1.807) is 7.05 Å². The number of hydrogen-bond acceptors (Lipinski definition) is 4. The number of aliphatic hydroxyl groups is 1. The Balaban J connectivity index is 3.96. The number of nitrogens with zero attached hydrogens (tertiary/aromatic N) is 1. The van der Waals surface area contributed by atoms with Crippen molar-refractivity contribution in [3.8, 4) is 0 Å². The number of hydrogen-bond donors (Lipinski definition) is 3. The number of carbonyl (C=O) groups is 2. The van der Waals surface area contributed by atoms with E-state index in [9.17, 15) is 9.59 Å². The molecule has 6 nitrogen and oxygen atoms in total. The molecule has 0 saturated carbocycles. The summed E-state index contributed by atoms with van der Waals surface area (Å²) < 4.78 is 0. The lowest BCUT2D eigenvalue weighted by Gasteiger charge is -2.18. The van der Waals surface area contributed by atoms with Gasteiger partial charge in [-0.1, -0.05) is 13.8 Å². The maximum Gasteiger partial charge on any atom is 0.241 e. The van der Waals surface area contributed by atoms with Crippen LogP contribution >= 0.6 is 0 Å². The van der Waals surface area contributed by atoms with Crippen LogP contribution in [0, 0.1) is 5.92 Å². The largest absolute Gasteiger partial charge is 0.395 e. The standard InChI is InChI=1S/C10H21N3O3/c1-7(2)9(11)10(16)12-6-8(15)13(3)4-5-14/h7,9,14H,4-6,11H2,1-3H3,(H,12,16)/t9-/m0/s1. The lowest BCUT2D eigenvalue weighted by atomic mass is 10.1. The number of nitrogens with one attached hydrogen (secondary N) is 1. The van der Waals surface area contributed by atoms with Gasteiger partial charge < -0.3 is 21.1 Å². The number of aliphatic hydroxyl groups excluding tert-OH is 1. The highest BCUT2D eigenvalue weighted by Gasteiger charge is 2.18. The van der Waals surface area contributed by atoms with E-state index in [2.05, 4.69) is 5.32 Å². The van der Waals surface area contributed by atoms with Gasteiger partial charge in [-0.15, -0.1) is 0 Å². The van der Waals surface area contributed by atoms with Crippen LogP contribution in [0.4, 0.5) is 0 Å². The van der Waals surface area contributed by atoms with Crippen LogP contribution < -0.4 is 11.1 Å². The van der Waals surface area contributed by atoms with Crippen LogP contribution in [0.2, 0.25) is 0 Å². The quantitative estimate of drug-likeness (QED) is 0.520. The Morgan fingerprint density at radius 1 is 1.44 bits per heavy atom. The lowest BCUT2D eigenvalue weighted by Crippen LogP contribution is -2.47. The number of amides is 2. The second-order valence-electron chi connectivity index (χ2n) is 4.03. The second-order valence-corrected chi connectivity index (χ2v) is 4.03. The SMILES string of the molecule is CC(C)[C@H](N)C(=O)NCC(=O)N(C)CCO. The Kier molecular flexibility index (Phi) is 6.67. The van der Waals surface area contributed by atoms with E-state index in [0.717, 1.165) is 0 Å². The first-order chi connectivity index (χ1) is 7.40. The Labute approximate surface area is 95.8 Å². The van der Waals surface area contributed by atoms with Gasteiger partial charge in [-0.25, -0.2) is 0 Å². The van der Waals surface area contributed by atoms with Crippen molar-refractivity contribution in [2.24, 2.45) is 11.7 Å². The molecule has 0 aromatic carbocycles. The summed E-state index contributed by atoms with van der Waals surface area (Å²) in [4.78, 5) is 24.2. The molecule has 6 heteroatoms. The second kappa shape index (κ2) is 7.19. The smallest absolute Gasteiger partial charge is 0.241 e. The number of likely N-dealkylation sites (N-methyl/N-ethyl adjacent to an activating group) is 1. The first kappa shape index (κ1) is 14.9. The summed E-state index contributed by atoms with van der Waals surface area (Å²) in [5, 5.41) is 11.1. The molecular formula is C10H21N3O3. The molecule has 0 aliphatic rings. The highest BCUT2D eigenvalue weighted by molar-refractivity contribution is 5.87. The molecule has 0 heterocycles. The van der Waals surface area contributed by atoms with Crippen molar-refractivity contribution in [3.05, 3.63) is 0 Å². The number of rotatable bonds is 6. The van der Waals surface area contributed by atoms with Crippen molar-refractivity contribution in [2.45, 2.75) is 19.9 Å². The maximum absolute atomic E-state index is 11.4. The molecule has 0 fully saturated rings. The normalized spacial score (nSPS) is 12.4. The zero-order valence-corrected chi connectivity index (χ0v) is 10.1. The summed E-state index contributed by atoms with van der Waals surface area (Å²) in [7, 11) is 1.56. The van der Waals surface area contributed by atoms with Crippen LogP contribution in [0.15, 0.2) is 0 Å². The first-order valence-corrected chi connectivity index (χ1v) is 5.28. The molecule has 0 aliphatic carbocycles. The molecule has 4 N–H and O–H groups in total. The van der Waals surface area contributed by atoms with Gasteiger partial charge in [0, 0.05) is 13.6 Å². The third-order valence-electron chi connectivity index (χ3n) is 2.30. The zero-order valence-electron chi connectivity index (χ0n) is 10.1. The van der Waals surface area contributed by atoms with Crippen LogP contribution in [0.5, 0.6) is 0 Å². The summed E-state index contributed by atoms with van der Waals surface area (Å²) in [6, 6.07) is -0.601. The molecule has 1 atom stereocenters. The molecule has 94 valence electrons. The first-order valence-electron chi connectivity index (χ1n) is 5.28. The van der Waals surface area contributed by atoms with Crippen LogP contribution in [-0.2, 0) is 9.59 Å². The van der Waals surface area contributed by atoms with Crippen molar-refractivity contribution in [1.82, 2.24) is 10.2 Å². The van der Waals surface area contributed by atoms with Gasteiger partial charge in [0.25, 0.3) is 0 Å². The molecule has 0 radical (unpaired) electrons. The average molecular weight is 231 g/mol. The molecule has 0 aliphatic heterocycles. The van der Waals surface area contributed by atoms with Crippen LogP contribution in [0.25, 0.3) is 0 Å². The molecule has 0 aromatic heterocycles. The van der Waals surface area contributed by atoms with Gasteiger partial charge in [0.2, 0.25) is 11.8 Å². The maximum atomic E-state index is 11.4. The van der Waals surface area contributed by atoms with Crippen molar-refractivity contribution < 1.29 is 14.7 Å². The molecule has 0 saturated heterocycles. The molecule has 0 rings (SSSR count). The highest BCUT2D eigenvalue weighted by atomic mass is 16.3. The van der Waals surface area contributed by atoms with Gasteiger partial charge in [-0.2, -0.15) is 0 Å². The van der Waals surface area contributed by atoms with E-state index in [4.69, 9.17) is 10.8 Å². The highest BCUT2D eigenvalue weighted by Crippen LogP contribution is 1.97. The number of carbonyl (C=O) groups excluding carboxylic acids is 2. The van der Waals surface area contributed by atoms with Gasteiger partial charge in [-0.3, -0.25) is 9.59 Å².